The molecule has 0 amide bonds. The minimum atomic E-state index is -0.558. The third-order valence-electron chi connectivity index (χ3n) is 1.47. The number of rotatable bonds is 8. The van der Waals surface area contributed by atoms with Gasteiger partial charge in [0.05, 0.1) is 26.4 Å². The van der Waals surface area contributed by atoms with Crippen LogP contribution in [0.3, 0.4) is 0 Å². The zero-order valence-electron chi connectivity index (χ0n) is 8.96. The van der Waals surface area contributed by atoms with E-state index in [9.17, 15) is 0 Å². The minimum absolute atomic E-state index is 0.538. The molecule has 4 nitrogen and oxygen atoms in total. The van der Waals surface area contributed by atoms with Gasteiger partial charge in [0.25, 0.3) is 0 Å². The Morgan fingerprint density at radius 1 is 0.769 bits per heavy atom. The van der Waals surface area contributed by atoms with Crippen molar-refractivity contribution in [2.24, 2.45) is 0 Å². The first-order valence-electron chi connectivity index (χ1n) is 4.38. The summed E-state index contributed by atoms with van der Waals surface area (Å²) in [5.41, 5.74) is 0. The molecule has 0 radical (unpaired) electrons. The summed E-state index contributed by atoms with van der Waals surface area (Å²) in [6, 6.07) is 0. The highest BCUT2D eigenvalue weighted by molar-refractivity contribution is 4.53. The second kappa shape index (κ2) is 7.26. The van der Waals surface area contributed by atoms with E-state index in [0.29, 0.717) is 26.4 Å². The Hall–Kier alpha value is -0.160. The van der Waals surface area contributed by atoms with Crippen LogP contribution in [0, 0.1) is 0 Å². The van der Waals surface area contributed by atoms with Gasteiger partial charge >= 0.3 is 0 Å². The SMILES string of the molecule is COCCOC(C)(C)OCCOC. The van der Waals surface area contributed by atoms with Gasteiger partial charge in [0.2, 0.25) is 0 Å². The maximum atomic E-state index is 5.41. The summed E-state index contributed by atoms with van der Waals surface area (Å²) >= 11 is 0. The molecule has 0 aliphatic carbocycles. The van der Waals surface area contributed by atoms with Gasteiger partial charge in [-0.2, -0.15) is 0 Å². The molecule has 0 N–H and O–H groups in total. The smallest absolute Gasteiger partial charge is 0.162 e. The third-order valence-corrected chi connectivity index (χ3v) is 1.47. The predicted octanol–water partition coefficient (Wildman–Crippen LogP) is 1.05. The van der Waals surface area contributed by atoms with Gasteiger partial charge in [-0.3, -0.25) is 0 Å². The standard InChI is InChI=1S/C9H20O4/c1-9(2,12-7-5-10-3)13-8-6-11-4/h5-8H2,1-4H3. The molecule has 0 aromatic heterocycles. The molecule has 0 aromatic carbocycles. The lowest BCUT2D eigenvalue weighted by Gasteiger charge is -2.25. The first-order chi connectivity index (χ1) is 6.12. The van der Waals surface area contributed by atoms with Gasteiger partial charge < -0.3 is 18.9 Å². The van der Waals surface area contributed by atoms with Crippen molar-refractivity contribution in [2.45, 2.75) is 19.6 Å². The van der Waals surface area contributed by atoms with Gasteiger partial charge in [0.15, 0.2) is 5.79 Å². The Labute approximate surface area is 80.1 Å². The van der Waals surface area contributed by atoms with E-state index in [1.807, 2.05) is 13.8 Å². The lowest BCUT2D eigenvalue weighted by Crippen LogP contribution is -2.31. The molecule has 0 atom stereocenters. The average molecular weight is 192 g/mol. The van der Waals surface area contributed by atoms with E-state index in [-0.39, 0.29) is 0 Å². The van der Waals surface area contributed by atoms with E-state index in [4.69, 9.17) is 18.9 Å². The lowest BCUT2D eigenvalue weighted by atomic mass is 10.4. The normalized spacial score (nSPS) is 12.0. The molecule has 4 heteroatoms. The molecule has 0 aromatic rings. The van der Waals surface area contributed by atoms with Gasteiger partial charge in [-0.1, -0.05) is 0 Å². The van der Waals surface area contributed by atoms with Gasteiger partial charge in [0, 0.05) is 14.2 Å². The van der Waals surface area contributed by atoms with E-state index >= 15 is 0 Å². The molecule has 13 heavy (non-hydrogen) atoms. The molecule has 0 aliphatic rings. The topological polar surface area (TPSA) is 36.9 Å². The molecular weight excluding hydrogens is 172 g/mol. The van der Waals surface area contributed by atoms with E-state index < -0.39 is 5.79 Å². The fourth-order valence-electron chi connectivity index (χ4n) is 0.783. The minimum Gasteiger partial charge on any atom is -0.382 e. The molecule has 0 saturated carbocycles. The summed E-state index contributed by atoms with van der Waals surface area (Å²) in [6.07, 6.45) is 0. The van der Waals surface area contributed by atoms with Gasteiger partial charge in [-0.25, -0.2) is 0 Å². The van der Waals surface area contributed by atoms with E-state index in [0.717, 1.165) is 0 Å². The Morgan fingerprint density at radius 3 is 1.46 bits per heavy atom. The number of hydrogen-bond acceptors (Lipinski definition) is 4. The quantitative estimate of drug-likeness (QED) is 0.425. The Balaban J connectivity index is 3.42. The Bertz CT molecular complexity index is 102. The summed E-state index contributed by atoms with van der Waals surface area (Å²) in [6.45, 7) is 5.98. The maximum absolute atomic E-state index is 5.41. The lowest BCUT2D eigenvalue weighted by molar-refractivity contribution is -0.221. The van der Waals surface area contributed by atoms with Crippen LogP contribution in [0.1, 0.15) is 13.8 Å². The first kappa shape index (κ1) is 12.8. The van der Waals surface area contributed by atoms with Crippen LogP contribution >= 0.6 is 0 Å². The van der Waals surface area contributed by atoms with Crippen LogP contribution in [0.15, 0.2) is 0 Å². The zero-order valence-corrected chi connectivity index (χ0v) is 8.96. The summed E-state index contributed by atoms with van der Waals surface area (Å²) in [5.74, 6) is -0.558. The van der Waals surface area contributed by atoms with Gasteiger partial charge in [-0.15, -0.1) is 0 Å². The molecule has 0 spiro atoms. The van der Waals surface area contributed by atoms with Crippen molar-refractivity contribution in [3.63, 3.8) is 0 Å². The largest absolute Gasteiger partial charge is 0.382 e. The Kier molecular flexibility index (Phi) is 7.17. The van der Waals surface area contributed by atoms with Crippen LogP contribution in [-0.4, -0.2) is 46.4 Å². The van der Waals surface area contributed by atoms with Gasteiger partial charge in [-0.05, 0) is 13.8 Å². The number of hydrogen-bond donors (Lipinski definition) is 0. The first-order valence-corrected chi connectivity index (χ1v) is 4.38. The van der Waals surface area contributed by atoms with Crippen LogP contribution in [0.25, 0.3) is 0 Å². The molecule has 80 valence electrons. The van der Waals surface area contributed by atoms with Crippen molar-refractivity contribution in [2.75, 3.05) is 40.6 Å². The average Bonchev–Trinajstić information content (AvgIpc) is 2.05. The van der Waals surface area contributed by atoms with E-state index in [1.165, 1.54) is 0 Å². The third kappa shape index (κ3) is 8.18. The summed E-state index contributed by atoms with van der Waals surface area (Å²) in [5, 5.41) is 0. The van der Waals surface area contributed by atoms with Crippen molar-refractivity contribution in [1.29, 1.82) is 0 Å². The van der Waals surface area contributed by atoms with Crippen LogP contribution in [0.5, 0.6) is 0 Å². The highest BCUT2D eigenvalue weighted by atomic mass is 16.7. The molecule has 0 bridgehead atoms. The monoisotopic (exact) mass is 192 g/mol. The van der Waals surface area contributed by atoms with Crippen LogP contribution in [0.2, 0.25) is 0 Å². The highest BCUT2D eigenvalue weighted by Crippen LogP contribution is 2.10. The zero-order chi connectivity index (χ0) is 10.2. The molecular formula is C9H20O4. The summed E-state index contributed by atoms with van der Waals surface area (Å²) in [7, 11) is 3.28. The fourth-order valence-corrected chi connectivity index (χ4v) is 0.783. The van der Waals surface area contributed by atoms with Crippen molar-refractivity contribution < 1.29 is 18.9 Å². The fraction of sp³-hybridized carbons (Fsp3) is 1.00. The van der Waals surface area contributed by atoms with E-state index in [1.54, 1.807) is 14.2 Å². The Morgan fingerprint density at radius 2 is 1.15 bits per heavy atom. The van der Waals surface area contributed by atoms with Gasteiger partial charge in [0.1, 0.15) is 0 Å². The molecule has 0 heterocycles. The van der Waals surface area contributed by atoms with Crippen molar-refractivity contribution in [3.8, 4) is 0 Å². The summed E-state index contributed by atoms with van der Waals surface area (Å²) in [4.78, 5) is 0. The number of methoxy groups -OCH3 is 2. The molecule has 0 aliphatic heterocycles. The van der Waals surface area contributed by atoms with Crippen LogP contribution in [0.4, 0.5) is 0 Å². The molecule has 0 unspecified atom stereocenters. The number of ether oxygens (including phenoxy) is 4. The highest BCUT2D eigenvalue weighted by Gasteiger charge is 2.17. The maximum Gasteiger partial charge on any atom is 0.162 e. The van der Waals surface area contributed by atoms with Crippen LogP contribution in [-0.2, 0) is 18.9 Å². The van der Waals surface area contributed by atoms with Crippen molar-refractivity contribution >= 4 is 0 Å². The molecule has 0 rings (SSSR count). The molecule has 0 saturated heterocycles. The van der Waals surface area contributed by atoms with Crippen LogP contribution < -0.4 is 0 Å². The molecule has 0 fully saturated rings. The van der Waals surface area contributed by atoms with Crippen molar-refractivity contribution in [1.82, 2.24) is 0 Å². The van der Waals surface area contributed by atoms with E-state index in [2.05, 4.69) is 0 Å². The summed E-state index contributed by atoms with van der Waals surface area (Å²) < 4.78 is 20.5. The predicted molar refractivity (Wildman–Crippen MR) is 49.7 cm³/mol. The van der Waals surface area contributed by atoms with Crippen molar-refractivity contribution in [3.05, 3.63) is 0 Å². The second-order valence-electron chi connectivity index (χ2n) is 3.08. The second-order valence-corrected chi connectivity index (χ2v) is 3.08.